The van der Waals surface area contributed by atoms with Gasteiger partial charge in [0, 0.05) is 7.11 Å². The van der Waals surface area contributed by atoms with E-state index in [1.54, 1.807) is 7.11 Å². The van der Waals surface area contributed by atoms with Crippen molar-refractivity contribution in [3.63, 3.8) is 0 Å². The van der Waals surface area contributed by atoms with Crippen LogP contribution in [-0.2, 0) is 4.74 Å². The molecule has 0 aliphatic heterocycles. The van der Waals surface area contributed by atoms with Crippen LogP contribution in [0.3, 0.4) is 0 Å². The molecular formula is C12H24O3. The van der Waals surface area contributed by atoms with E-state index in [-0.39, 0.29) is 12.0 Å². The summed E-state index contributed by atoms with van der Waals surface area (Å²) in [6.45, 7) is 2.57. The molecule has 4 atom stereocenters. The van der Waals surface area contributed by atoms with Crippen molar-refractivity contribution < 1.29 is 14.9 Å². The van der Waals surface area contributed by atoms with Crippen molar-refractivity contribution >= 4 is 0 Å². The van der Waals surface area contributed by atoms with Gasteiger partial charge in [-0.2, -0.15) is 0 Å². The minimum Gasteiger partial charge on any atom is -0.393 e. The lowest BCUT2D eigenvalue weighted by Crippen LogP contribution is -2.32. The molecule has 1 fully saturated rings. The Balaban J connectivity index is 2.36. The van der Waals surface area contributed by atoms with Crippen LogP contribution >= 0.6 is 0 Å². The molecule has 0 heterocycles. The highest BCUT2D eigenvalue weighted by Gasteiger charge is 2.29. The first-order chi connectivity index (χ1) is 7.17. The van der Waals surface area contributed by atoms with E-state index < -0.39 is 6.10 Å². The van der Waals surface area contributed by atoms with E-state index in [2.05, 4.69) is 6.92 Å². The first-order valence-corrected chi connectivity index (χ1v) is 6.02. The van der Waals surface area contributed by atoms with Gasteiger partial charge in [0.1, 0.15) is 0 Å². The summed E-state index contributed by atoms with van der Waals surface area (Å²) in [6, 6.07) is 0. The van der Waals surface area contributed by atoms with E-state index in [0.717, 1.165) is 25.2 Å². The van der Waals surface area contributed by atoms with Crippen LogP contribution < -0.4 is 0 Å². The minimum absolute atomic E-state index is 0.223. The highest BCUT2D eigenvalue weighted by atomic mass is 16.5. The zero-order chi connectivity index (χ0) is 11.3. The number of rotatable bonds is 5. The van der Waals surface area contributed by atoms with Crippen molar-refractivity contribution in [3.8, 4) is 0 Å². The van der Waals surface area contributed by atoms with Gasteiger partial charge in [-0.05, 0) is 37.5 Å². The van der Waals surface area contributed by atoms with Crippen molar-refractivity contribution in [3.05, 3.63) is 0 Å². The molecule has 0 saturated heterocycles. The Morgan fingerprint density at radius 2 is 2.13 bits per heavy atom. The summed E-state index contributed by atoms with van der Waals surface area (Å²) in [5, 5.41) is 19.5. The smallest absolute Gasteiger partial charge is 0.0777 e. The lowest BCUT2D eigenvalue weighted by molar-refractivity contribution is -0.00544. The molecule has 1 aliphatic rings. The number of aliphatic hydroxyl groups is 2. The highest BCUT2D eigenvalue weighted by molar-refractivity contribution is 4.81. The van der Waals surface area contributed by atoms with E-state index >= 15 is 0 Å². The lowest BCUT2D eigenvalue weighted by Gasteiger charge is -2.34. The molecule has 4 unspecified atom stereocenters. The second kappa shape index (κ2) is 6.46. The van der Waals surface area contributed by atoms with E-state index in [9.17, 15) is 10.2 Å². The molecule has 3 nitrogen and oxygen atoms in total. The maximum atomic E-state index is 9.85. The summed E-state index contributed by atoms with van der Waals surface area (Å²) >= 11 is 0. The second-order valence-electron chi connectivity index (χ2n) is 4.76. The Kier molecular flexibility index (Phi) is 5.58. The largest absolute Gasteiger partial charge is 0.393 e. The van der Waals surface area contributed by atoms with Crippen LogP contribution in [0.2, 0.25) is 0 Å². The molecule has 90 valence electrons. The fourth-order valence-electron chi connectivity index (χ4n) is 2.58. The molecular weight excluding hydrogens is 192 g/mol. The molecule has 0 radical (unpaired) electrons. The number of hydrogen-bond acceptors (Lipinski definition) is 3. The van der Waals surface area contributed by atoms with Crippen LogP contribution in [0.15, 0.2) is 0 Å². The molecule has 0 bridgehead atoms. The number of methoxy groups -OCH3 is 1. The molecule has 3 heteroatoms. The monoisotopic (exact) mass is 216 g/mol. The standard InChI is InChI=1S/C12H24O3/c1-3-9-4-5-12(14)10(6-9)7-11(13)8-15-2/h9-14H,3-8H2,1-2H3. The Morgan fingerprint density at radius 3 is 2.73 bits per heavy atom. The molecule has 0 aromatic rings. The van der Waals surface area contributed by atoms with Gasteiger partial charge in [0.05, 0.1) is 18.8 Å². The van der Waals surface area contributed by atoms with Crippen molar-refractivity contribution in [2.75, 3.05) is 13.7 Å². The van der Waals surface area contributed by atoms with Crippen LogP contribution in [0.1, 0.15) is 39.0 Å². The van der Waals surface area contributed by atoms with Crippen molar-refractivity contribution in [2.45, 2.75) is 51.2 Å². The minimum atomic E-state index is -0.426. The normalized spacial score (nSPS) is 34.0. The van der Waals surface area contributed by atoms with Crippen molar-refractivity contribution in [1.29, 1.82) is 0 Å². The fraction of sp³-hybridized carbons (Fsp3) is 1.00. The molecule has 1 rings (SSSR count). The number of hydrogen-bond donors (Lipinski definition) is 2. The SMILES string of the molecule is CCC1CCC(O)C(CC(O)COC)C1. The zero-order valence-corrected chi connectivity index (χ0v) is 9.85. The van der Waals surface area contributed by atoms with Gasteiger partial charge in [-0.25, -0.2) is 0 Å². The lowest BCUT2D eigenvalue weighted by atomic mass is 9.76. The third kappa shape index (κ3) is 4.09. The first-order valence-electron chi connectivity index (χ1n) is 6.02. The molecule has 2 N–H and O–H groups in total. The summed E-state index contributed by atoms with van der Waals surface area (Å²) in [4.78, 5) is 0. The van der Waals surface area contributed by atoms with Gasteiger partial charge in [-0.15, -0.1) is 0 Å². The Bertz CT molecular complexity index is 172. The summed E-state index contributed by atoms with van der Waals surface area (Å²) in [5.41, 5.74) is 0. The van der Waals surface area contributed by atoms with Gasteiger partial charge in [0.25, 0.3) is 0 Å². The van der Waals surface area contributed by atoms with Crippen LogP contribution in [0, 0.1) is 11.8 Å². The van der Waals surface area contributed by atoms with Gasteiger partial charge in [-0.1, -0.05) is 13.3 Å². The van der Waals surface area contributed by atoms with Gasteiger partial charge in [-0.3, -0.25) is 0 Å². The molecule has 0 amide bonds. The maximum absolute atomic E-state index is 9.85. The van der Waals surface area contributed by atoms with Gasteiger partial charge in [0.2, 0.25) is 0 Å². The zero-order valence-electron chi connectivity index (χ0n) is 9.85. The highest BCUT2D eigenvalue weighted by Crippen LogP contribution is 2.33. The Labute approximate surface area is 92.4 Å². The number of aliphatic hydroxyl groups excluding tert-OH is 2. The maximum Gasteiger partial charge on any atom is 0.0777 e. The summed E-state index contributed by atoms with van der Waals surface area (Å²) in [7, 11) is 1.59. The van der Waals surface area contributed by atoms with Crippen LogP contribution in [0.25, 0.3) is 0 Å². The average molecular weight is 216 g/mol. The van der Waals surface area contributed by atoms with E-state index in [4.69, 9.17) is 4.74 Å². The summed E-state index contributed by atoms with van der Waals surface area (Å²) in [6.07, 6.45) is 4.29. The van der Waals surface area contributed by atoms with E-state index in [0.29, 0.717) is 13.0 Å². The van der Waals surface area contributed by atoms with Gasteiger partial charge < -0.3 is 14.9 Å². The topological polar surface area (TPSA) is 49.7 Å². The third-order valence-electron chi connectivity index (χ3n) is 3.56. The quantitative estimate of drug-likeness (QED) is 0.733. The predicted octanol–water partition coefficient (Wildman–Crippen LogP) is 1.57. The van der Waals surface area contributed by atoms with Crippen LogP contribution in [0.4, 0.5) is 0 Å². The van der Waals surface area contributed by atoms with Gasteiger partial charge >= 0.3 is 0 Å². The molecule has 1 aliphatic carbocycles. The second-order valence-corrected chi connectivity index (χ2v) is 4.76. The van der Waals surface area contributed by atoms with Crippen molar-refractivity contribution in [1.82, 2.24) is 0 Å². The number of ether oxygens (including phenoxy) is 1. The molecule has 0 aromatic carbocycles. The summed E-state index contributed by atoms with van der Waals surface area (Å²) < 4.78 is 4.90. The molecule has 0 spiro atoms. The molecule has 1 saturated carbocycles. The van der Waals surface area contributed by atoms with E-state index in [1.807, 2.05) is 0 Å². The fourth-order valence-corrected chi connectivity index (χ4v) is 2.58. The average Bonchev–Trinajstić information content (AvgIpc) is 2.21. The Morgan fingerprint density at radius 1 is 1.40 bits per heavy atom. The molecule has 15 heavy (non-hydrogen) atoms. The van der Waals surface area contributed by atoms with Crippen molar-refractivity contribution in [2.24, 2.45) is 11.8 Å². The molecule has 0 aromatic heterocycles. The van der Waals surface area contributed by atoms with Crippen LogP contribution in [-0.4, -0.2) is 36.1 Å². The van der Waals surface area contributed by atoms with Gasteiger partial charge in [0.15, 0.2) is 0 Å². The third-order valence-corrected chi connectivity index (χ3v) is 3.56. The first kappa shape index (κ1) is 12.9. The summed E-state index contributed by atoms with van der Waals surface area (Å²) in [5.74, 6) is 0.988. The van der Waals surface area contributed by atoms with E-state index in [1.165, 1.54) is 6.42 Å². The Hall–Kier alpha value is -0.120. The predicted molar refractivity (Wildman–Crippen MR) is 59.6 cm³/mol. The van der Waals surface area contributed by atoms with Crippen LogP contribution in [0.5, 0.6) is 0 Å².